The molecular formula is C23H26N6O. The van der Waals surface area contributed by atoms with Crippen LogP contribution in [0, 0.1) is 0 Å². The minimum Gasteiger partial charge on any atom is -0.422 e. The quantitative estimate of drug-likeness (QED) is 0.516. The van der Waals surface area contributed by atoms with E-state index in [1.54, 1.807) is 0 Å². The number of fused-ring (bicyclic) bond motifs is 2. The smallest absolute Gasteiger partial charge is 0.299 e. The maximum Gasteiger partial charge on any atom is 0.299 e. The van der Waals surface area contributed by atoms with E-state index in [0.717, 1.165) is 35.6 Å². The van der Waals surface area contributed by atoms with E-state index in [2.05, 4.69) is 29.2 Å². The zero-order chi connectivity index (χ0) is 19.9. The Kier molecular flexibility index (Phi) is 4.41. The molecule has 0 atom stereocenters. The van der Waals surface area contributed by atoms with Crippen molar-refractivity contribution in [2.75, 3.05) is 31.1 Å². The van der Waals surface area contributed by atoms with E-state index in [9.17, 15) is 0 Å². The van der Waals surface area contributed by atoms with Gasteiger partial charge < -0.3 is 14.2 Å². The Morgan fingerprint density at radius 1 is 0.933 bits per heavy atom. The number of pyridine rings is 2. The van der Waals surface area contributed by atoms with Crippen molar-refractivity contribution in [3.8, 4) is 11.3 Å². The Balaban J connectivity index is 1.22. The van der Waals surface area contributed by atoms with Crippen molar-refractivity contribution in [3.05, 3.63) is 42.9 Å². The average molecular weight is 403 g/mol. The number of rotatable bonds is 3. The van der Waals surface area contributed by atoms with Gasteiger partial charge in [0.1, 0.15) is 5.65 Å². The summed E-state index contributed by atoms with van der Waals surface area (Å²) in [7, 11) is 0. The zero-order valence-electron chi connectivity index (χ0n) is 17.1. The summed E-state index contributed by atoms with van der Waals surface area (Å²) in [5.41, 5.74) is 4.29. The Morgan fingerprint density at radius 3 is 2.67 bits per heavy atom. The number of hydrogen-bond donors (Lipinski definition) is 0. The van der Waals surface area contributed by atoms with Gasteiger partial charge in [0.25, 0.3) is 6.01 Å². The predicted octanol–water partition coefficient (Wildman–Crippen LogP) is 3.99. The van der Waals surface area contributed by atoms with E-state index in [4.69, 9.17) is 4.42 Å². The first-order valence-electron chi connectivity index (χ1n) is 11.0. The summed E-state index contributed by atoms with van der Waals surface area (Å²) in [4.78, 5) is 18.7. The van der Waals surface area contributed by atoms with E-state index in [1.807, 2.05) is 42.9 Å². The zero-order valence-corrected chi connectivity index (χ0v) is 17.1. The highest BCUT2D eigenvalue weighted by atomic mass is 16.4. The number of oxazole rings is 1. The molecule has 4 aromatic rings. The molecule has 6 rings (SSSR count). The lowest BCUT2D eigenvalue weighted by atomic mass is 10.0. The average Bonchev–Trinajstić information content (AvgIpc) is 3.43. The number of hydrogen-bond acceptors (Lipinski definition) is 6. The van der Waals surface area contributed by atoms with Crippen LogP contribution in [0.5, 0.6) is 0 Å². The minimum atomic E-state index is 0.667. The third kappa shape index (κ3) is 3.13. The first kappa shape index (κ1) is 17.9. The molecule has 0 saturated carbocycles. The highest BCUT2D eigenvalue weighted by molar-refractivity contribution is 5.77. The number of imidazole rings is 1. The summed E-state index contributed by atoms with van der Waals surface area (Å²) in [6.45, 7) is 4.52. The fourth-order valence-corrected chi connectivity index (χ4v) is 4.94. The van der Waals surface area contributed by atoms with Crippen molar-refractivity contribution >= 4 is 22.9 Å². The van der Waals surface area contributed by atoms with Crippen molar-refractivity contribution in [3.63, 3.8) is 0 Å². The van der Waals surface area contributed by atoms with Gasteiger partial charge in [-0.25, -0.2) is 9.97 Å². The number of likely N-dealkylation sites (tertiary alicyclic amines) is 1. The van der Waals surface area contributed by atoms with Gasteiger partial charge in [-0.05, 0) is 57.0 Å². The lowest BCUT2D eigenvalue weighted by Gasteiger charge is -2.39. The molecule has 2 saturated heterocycles. The molecule has 0 spiro atoms. The van der Waals surface area contributed by atoms with E-state index in [1.165, 1.54) is 45.2 Å². The van der Waals surface area contributed by atoms with Crippen LogP contribution >= 0.6 is 0 Å². The molecule has 0 amide bonds. The number of nitrogens with zero attached hydrogens (tertiary/aromatic N) is 6. The second kappa shape index (κ2) is 7.40. The van der Waals surface area contributed by atoms with Crippen molar-refractivity contribution in [1.29, 1.82) is 0 Å². The molecule has 7 nitrogen and oxygen atoms in total. The summed E-state index contributed by atoms with van der Waals surface area (Å²) in [6.07, 6.45) is 12.2. The van der Waals surface area contributed by atoms with E-state index < -0.39 is 0 Å². The molecule has 0 aromatic carbocycles. The minimum absolute atomic E-state index is 0.667. The standard InChI is InChI=1S/C23H26N6O/c1-3-9-27(10-4-1)18-7-12-28(13-8-18)23-26-22-20(30-23)14-17(15-25-22)19-16-24-21-6-2-5-11-29(19)21/h2,5-6,11,14-16,18H,1,3-4,7-10,12-13H2. The number of aromatic nitrogens is 4. The van der Waals surface area contributed by atoms with Gasteiger partial charge in [0, 0.05) is 37.1 Å². The van der Waals surface area contributed by atoms with Gasteiger partial charge in [0.15, 0.2) is 5.58 Å². The summed E-state index contributed by atoms with van der Waals surface area (Å²) in [6, 6.07) is 9.43. The molecule has 4 aromatic heterocycles. The van der Waals surface area contributed by atoms with Crippen LogP contribution in [0.1, 0.15) is 32.1 Å². The molecule has 6 heterocycles. The molecule has 7 heteroatoms. The Labute approximate surface area is 175 Å². The van der Waals surface area contributed by atoms with Crippen molar-refractivity contribution in [2.24, 2.45) is 0 Å². The number of anilines is 1. The molecule has 0 bridgehead atoms. The fourth-order valence-electron chi connectivity index (χ4n) is 4.94. The summed E-state index contributed by atoms with van der Waals surface area (Å²) in [5, 5.41) is 0. The maximum absolute atomic E-state index is 6.15. The third-order valence-electron chi connectivity index (χ3n) is 6.59. The van der Waals surface area contributed by atoms with Crippen molar-refractivity contribution in [2.45, 2.75) is 38.1 Å². The van der Waals surface area contributed by atoms with Gasteiger partial charge in [-0.3, -0.25) is 4.40 Å². The first-order chi connectivity index (χ1) is 14.8. The molecule has 0 N–H and O–H groups in total. The van der Waals surface area contributed by atoms with Crippen LogP contribution < -0.4 is 4.90 Å². The maximum atomic E-state index is 6.15. The summed E-state index contributed by atoms with van der Waals surface area (Å²) < 4.78 is 8.21. The molecule has 154 valence electrons. The second-order valence-electron chi connectivity index (χ2n) is 8.43. The molecular weight excluding hydrogens is 376 g/mol. The summed E-state index contributed by atoms with van der Waals surface area (Å²) >= 11 is 0. The Hall–Kier alpha value is -2.93. The lowest BCUT2D eigenvalue weighted by Crippen LogP contribution is -2.46. The summed E-state index contributed by atoms with van der Waals surface area (Å²) in [5.74, 6) is 0. The van der Waals surface area contributed by atoms with E-state index in [-0.39, 0.29) is 0 Å². The van der Waals surface area contributed by atoms with Gasteiger partial charge in [0.2, 0.25) is 5.65 Å². The first-order valence-corrected chi connectivity index (χ1v) is 11.0. The largest absolute Gasteiger partial charge is 0.422 e. The van der Waals surface area contributed by atoms with Crippen LogP contribution in [-0.4, -0.2) is 56.5 Å². The highest BCUT2D eigenvalue weighted by Crippen LogP contribution is 2.29. The molecule has 0 aliphatic carbocycles. The van der Waals surface area contributed by atoms with Crippen molar-refractivity contribution < 1.29 is 4.42 Å². The predicted molar refractivity (Wildman–Crippen MR) is 117 cm³/mol. The molecule has 2 aliphatic heterocycles. The molecule has 0 radical (unpaired) electrons. The van der Waals surface area contributed by atoms with Crippen LogP contribution in [0.25, 0.3) is 28.1 Å². The fraction of sp³-hybridized carbons (Fsp3) is 0.435. The molecule has 2 aliphatic rings. The molecule has 30 heavy (non-hydrogen) atoms. The van der Waals surface area contributed by atoms with Gasteiger partial charge in [-0.1, -0.05) is 12.5 Å². The molecule has 2 fully saturated rings. The van der Waals surface area contributed by atoms with Gasteiger partial charge in [-0.15, -0.1) is 0 Å². The molecule has 0 unspecified atom stereocenters. The van der Waals surface area contributed by atoms with Crippen LogP contribution in [-0.2, 0) is 0 Å². The third-order valence-corrected chi connectivity index (χ3v) is 6.59. The van der Waals surface area contributed by atoms with E-state index >= 15 is 0 Å². The highest BCUT2D eigenvalue weighted by Gasteiger charge is 2.27. The van der Waals surface area contributed by atoms with Gasteiger partial charge >= 0.3 is 0 Å². The normalized spacial score (nSPS) is 19.1. The SMILES string of the molecule is c1ccn2c(-c3cnc4nc(N5CCC(N6CCCCC6)CC5)oc4c3)cnc2c1. The number of piperidine rings is 2. The van der Waals surface area contributed by atoms with E-state index in [0.29, 0.717) is 17.7 Å². The van der Waals surface area contributed by atoms with Crippen molar-refractivity contribution in [1.82, 2.24) is 24.3 Å². The Bertz CT molecular complexity index is 1170. The lowest BCUT2D eigenvalue weighted by molar-refractivity contribution is 0.140. The van der Waals surface area contributed by atoms with Crippen LogP contribution in [0.4, 0.5) is 6.01 Å². The van der Waals surface area contributed by atoms with Crippen LogP contribution in [0.2, 0.25) is 0 Å². The van der Waals surface area contributed by atoms with Crippen LogP contribution in [0.15, 0.2) is 47.3 Å². The van der Waals surface area contributed by atoms with Crippen LogP contribution in [0.3, 0.4) is 0 Å². The topological polar surface area (TPSA) is 62.7 Å². The van der Waals surface area contributed by atoms with Gasteiger partial charge in [-0.2, -0.15) is 4.98 Å². The monoisotopic (exact) mass is 402 g/mol. The Morgan fingerprint density at radius 2 is 1.80 bits per heavy atom. The second-order valence-corrected chi connectivity index (χ2v) is 8.43. The van der Waals surface area contributed by atoms with Gasteiger partial charge in [0.05, 0.1) is 11.9 Å².